The van der Waals surface area contributed by atoms with Crippen LogP contribution in [-0.2, 0) is 9.53 Å². The average molecular weight is 272 g/mol. The van der Waals surface area contributed by atoms with E-state index in [1.165, 1.54) is 0 Å². The van der Waals surface area contributed by atoms with E-state index in [-0.39, 0.29) is 6.42 Å². The summed E-state index contributed by atoms with van der Waals surface area (Å²) in [5.74, 6) is -0.348. The van der Waals surface area contributed by atoms with E-state index in [9.17, 15) is 9.59 Å². The predicted molar refractivity (Wildman–Crippen MR) is 75.8 cm³/mol. The minimum absolute atomic E-state index is 0.247. The van der Waals surface area contributed by atoms with Gasteiger partial charge in [-0.2, -0.15) is 0 Å². The molecule has 0 bridgehead atoms. The molecule has 20 heavy (non-hydrogen) atoms. The Morgan fingerprint density at radius 2 is 1.75 bits per heavy atom. The molecule has 0 aromatic heterocycles. The molecule has 0 spiro atoms. The maximum Gasteiger partial charge on any atom is 0.345 e. The summed E-state index contributed by atoms with van der Waals surface area (Å²) in [4.78, 5) is 23.1. The average Bonchev–Trinajstić information content (AvgIpc) is 2.46. The Bertz CT molecular complexity index is 646. The maximum atomic E-state index is 11.8. The summed E-state index contributed by atoms with van der Waals surface area (Å²) in [6, 6.07) is 10.7. The van der Waals surface area contributed by atoms with E-state index in [0.717, 1.165) is 16.5 Å². The monoisotopic (exact) mass is 272 g/mol. The van der Waals surface area contributed by atoms with Gasteiger partial charge in [0.2, 0.25) is 0 Å². The van der Waals surface area contributed by atoms with E-state index in [0.29, 0.717) is 12.0 Å². The van der Waals surface area contributed by atoms with Crippen molar-refractivity contribution < 1.29 is 19.1 Å². The van der Waals surface area contributed by atoms with Crippen LogP contribution < -0.4 is 4.74 Å². The summed E-state index contributed by atoms with van der Waals surface area (Å²) >= 11 is 0. The third-order valence-electron chi connectivity index (χ3n) is 2.94. The van der Waals surface area contributed by atoms with Crippen LogP contribution in [-0.4, -0.2) is 19.0 Å². The van der Waals surface area contributed by atoms with Crippen molar-refractivity contribution in [1.82, 2.24) is 0 Å². The molecule has 2 aromatic rings. The minimum Gasteiger partial charge on any atom is -0.497 e. The second kappa shape index (κ2) is 6.19. The molecule has 0 saturated carbocycles. The van der Waals surface area contributed by atoms with Crippen LogP contribution in [0, 0.1) is 0 Å². The van der Waals surface area contributed by atoms with Gasteiger partial charge >= 0.3 is 11.9 Å². The fourth-order valence-electron chi connectivity index (χ4n) is 1.90. The van der Waals surface area contributed by atoms with Gasteiger partial charge in [-0.3, -0.25) is 4.79 Å². The molecule has 0 aliphatic carbocycles. The molecule has 0 aliphatic rings. The van der Waals surface area contributed by atoms with E-state index in [4.69, 9.17) is 9.47 Å². The molecular formula is C16H16O4. The molecular weight excluding hydrogens is 256 g/mol. The fourth-order valence-corrected chi connectivity index (χ4v) is 1.90. The number of esters is 2. The molecule has 0 heterocycles. The van der Waals surface area contributed by atoms with Crippen molar-refractivity contribution in [3.63, 3.8) is 0 Å². The first-order valence-corrected chi connectivity index (χ1v) is 6.47. The van der Waals surface area contributed by atoms with Crippen LogP contribution in [0.1, 0.15) is 30.1 Å². The van der Waals surface area contributed by atoms with Gasteiger partial charge < -0.3 is 9.47 Å². The number of rotatable bonds is 4. The van der Waals surface area contributed by atoms with Crippen molar-refractivity contribution in [3.05, 3.63) is 42.0 Å². The third kappa shape index (κ3) is 3.15. The smallest absolute Gasteiger partial charge is 0.345 e. The number of carbonyl (C=O) groups excluding carboxylic acids is 2. The lowest BCUT2D eigenvalue weighted by molar-refractivity contribution is -0.137. The van der Waals surface area contributed by atoms with Crippen LogP contribution in [0.3, 0.4) is 0 Å². The zero-order valence-electron chi connectivity index (χ0n) is 11.5. The van der Waals surface area contributed by atoms with Gasteiger partial charge in [-0.25, -0.2) is 4.79 Å². The van der Waals surface area contributed by atoms with Crippen LogP contribution in [0.5, 0.6) is 5.75 Å². The number of methoxy groups -OCH3 is 1. The molecule has 4 heteroatoms. The van der Waals surface area contributed by atoms with E-state index in [2.05, 4.69) is 0 Å². The third-order valence-corrected chi connectivity index (χ3v) is 2.94. The fraction of sp³-hybridized carbons (Fsp3) is 0.250. The summed E-state index contributed by atoms with van der Waals surface area (Å²) in [6.45, 7) is 1.86. The first-order valence-electron chi connectivity index (χ1n) is 6.47. The van der Waals surface area contributed by atoms with Crippen molar-refractivity contribution in [2.24, 2.45) is 0 Å². The number of benzene rings is 2. The standard InChI is InChI=1S/C16H16O4/c1-3-4-15(17)20-16(18)13-6-5-12-10-14(19-2)8-7-11(12)9-13/h5-10H,3-4H2,1-2H3. The molecule has 0 saturated heterocycles. The highest BCUT2D eigenvalue weighted by Crippen LogP contribution is 2.22. The van der Waals surface area contributed by atoms with Crippen LogP contribution in [0.2, 0.25) is 0 Å². The summed E-state index contributed by atoms with van der Waals surface area (Å²) in [6.07, 6.45) is 0.903. The molecule has 0 unspecified atom stereocenters. The van der Waals surface area contributed by atoms with Crippen molar-refractivity contribution in [2.75, 3.05) is 7.11 Å². The molecule has 2 aromatic carbocycles. The maximum absolute atomic E-state index is 11.8. The summed E-state index contributed by atoms with van der Waals surface area (Å²) < 4.78 is 9.91. The number of carbonyl (C=O) groups is 2. The molecule has 0 atom stereocenters. The Morgan fingerprint density at radius 3 is 2.45 bits per heavy atom. The topological polar surface area (TPSA) is 52.6 Å². The van der Waals surface area contributed by atoms with E-state index < -0.39 is 11.9 Å². The minimum atomic E-state index is -0.610. The van der Waals surface area contributed by atoms with E-state index in [1.54, 1.807) is 25.3 Å². The van der Waals surface area contributed by atoms with Crippen molar-refractivity contribution in [1.29, 1.82) is 0 Å². The Labute approximate surface area is 117 Å². The van der Waals surface area contributed by atoms with Crippen LogP contribution in [0.4, 0.5) is 0 Å². The number of ether oxygens (including phenoxy) is 2. The normalized spacial score (nSPS) is 10.3. The van der Waals surface area contributed by atoms with Gasteiger partial charge in [0.15, 0.2) is 0 Å². The highest BCUT2D eigenvalue weighted by Gasteiger charge is 2.12. The number of fused-ring (bicyclic) bond motifs is 1. The Kier molecular flexibility index (Phi) is 4.35. The molecule has 104 valence electrons. The van der Waals surface area contributed by atoms with Crippen molar-refractivity contribution >= 4 is 22.7 Å². The Hall–Kier alpha value is -2.36. The molecule has 4 nitrogen and oxygen atoms in total. The molecule has 0 aliphatic heterocycles. The second-order valence-corrected chi connectivity index (χ2v) is 4.44. The first kappa shape index (κ1) is 14.1. The number of hydrogen-bond donors (Lipinski definition) is 0. The highest BCUT2D eigenvalue weighted by molar-refractivity contribution is 6.00. The second-order valence-electron chi connectivity index (χ2n) is 4.44. The van der Waals surface area contributed by atoms with Crippen molar-refractivity contribution in [3.8, 4) is 5.75 Å². The van der Waals surface area contributed by atoms with Gasteiger partial charge in [0, 0.05) is 6.42 Å². The molecule has 0 fully saturated rings. The molecule has 0 radical (unpaired) electrons. The van der Waals surface area contributed by atoms with E-state index >= 15 is 0 Å². The SMILES string of the molecule is CCCC(=O)OC(=O)c1ccc2cc(OC)ccc2c1. The van der Waals surface area contributed by atoms with Gasteiger partial charge in [0.1, 0.15) is 5.75 Å². The Morgan fingerprint density at radius 1 is 1.05 bits per heavy atom. The van der Waals surface area contributed by atoms with Crippen LogP contribution in [0.25, 0.3) is 10.8 Å². The highest BCUT2D eigenvalue weighted by atomic mass is 16.6. The van der Waals surface area contributed by atoms with Gasteiger partial charge in [0.25, 0.3) is 0 Å². The zero-order valence-corrected chi connectivity index (χ0v) is 11.5. The van der Waals surface area contributed by atoms with Crippen LogP contribution in [0.15, 0.2) is 36.4 Å². The quantitative estimate of drug-likeness (QED) is 0.632. The summed E-state index contributed by atoms with van der Waals surface area (Å²) in [5, 5.41) is 1.85. The van der Waals surface area contributed by atoms with Crippen molar-refractivity contribution in [2.45, 2.75) is 19.8 Å². The van der Waals surface area contributed by atoms with Gasteiger partial charge in [-0.15, -0.1) is 0 Å². The molecule has 2 rings (SSSR count). The van der Waals surface area contributed by atoms with Gasteiger partial charge in [-0.05, 0) is 41.5 Å². The van der Waals surface area contributed by atoms with Gasteiger partial charge in [-0.1, -0.05) is 19.1 Å². The number of hydrogen-bond acceptors (Lipinski definition) is 4. The van der Waals surface area contributed by atoms with Gasteiger partial charge in [0.05, 0.1) is 12.7 Å². The first-order chi connectivity index (χ1) is 9.63. The van der Waals surface area contributed by atoms with E-state index in [1.807, 2.05) is 25.1 Å². The predicted octanol–water partition coefficient (Wildman–Crippen LogP) is 3.33. The molecule has 0 N–H and O–H groups in total. The lowest BCUT2D eigenvalue weighted by Crippen LogP contribution is -2.11. The summed E-state index contributed by atoms with van der Waals surface area (Å²) in [5.41, 5.74) is 0.368. The lowest BCUT2D eigenvalue weighted by atomic mass is 10.1. The molecule has 0 amide bonds. The lowest BCUT2D eigenvalue weighted by Gasteiger charge is -2.05. The zero-order chi connectivity index (χ0) is 14.5. The Balaban J connectivity index is 2.23. The summed E-state index contributed by atoms with van der Waals surface area (Å²) in [7, 11) is 1.60. The largest absolute Gasteiger partial charge is 0.497 e. The van der Waals surface area contributed by atoms with Crippen LogP contribution >= 0.6 is 0 Å².